The molecule has 2 rings (SSSR count). The molecule has 0 aromatic carbocycles. The Morgan fingerprint density at radius 3 is 2.75 bits per heavy atom. The Bertz CT molecular complexity index is 231. The molecule has 0 bridgehead atoms. The lowest BCUT2D eigenvalue weighted by Crippen LogP contribution is -2.40. The molecule has 0 aromatic rings. The molecule has 2 fully saturated rings. The van der Waals surface area contributed by atoms with Gasteiger partial charge in [0.2, 0.25) is 5.91 Å². The van der Waals surface area contributed by atoms with Gasteiger partial charge in [0.15, 0.2) is 0 Å². The van der Waals surface area contributed by atoms with E-state index in [1.807, 2.05) is 7.05 Å². The van der Waals surface area contributed by atoms with E-state index in [2.05, 4.69) is 10.2 Å². The third-order valence-corrected chi connectivity index (χ3v) is 3.60. The maximum absolute atomic E-state index is 12.0. The van der Waals surface area contributed by atoms with Crippen molar-refractivity contribution in [3.05, 3.63) is 0 Å². The van der Waals surface area contributed by atoms with Crippen molar-refractivity contribution in [3.63, 3.8) is 0 Å². The molecule has 94 valence electrons. The van der Waals surface area contributed by atoms with Crippen molar-refractivity contribution in [3.8, 4) is 0 Å². The van der Waals surface area contributed by atoms with Crippen LogP contribution in [0.5, 0.6) is 0 Å². The Morgan fingerprint density at radius 1 is 1.38 bits per heavy atom. The molecule has 1 aliphatic heterocycles. The van der Waals surface area contributed by atoms with E-state index in [1.165, 1.54) is 25.7 Å². The van der Waals surface area contributed by atoms with E-state index in [0.29, 0.717) is 11.9 Å². The molecule has 1 unspecified atom stereocenters. The molecule has 1 saturated carbocycles. The van der Waals surface area contributed by atoms with Gasteiger partial charge in [-0.15, -0.1) is 12.4 Å². The number of likely N-dealkylation sites (tertiary alicyclic amines) is 1. The predicted molar refractivity (Wildman–Crippen MR) is 67.9 cm³/mol. The van der Waals surface area contributed by atoms with Gasteiger partial charge in [-0.05, 0) is 32.2 Å². The van der Waals surface area contributed by atoms with Crippen molar-refractivity contribution in [2.45, 2.75) is 44.6 Å². The summed E-state index contributed by atoms with van der Waals surface area (Å²) in [6, 6.07) is 0.460. The molecular weight excluding hydrogens is 224 g/mol. The topological polar surface area (TPSA) is 32.3 Å². The summed E-state index contributed by atoms with van der Waals surface area (Å²) in [6.07, 6.45) is 6.98. The Morgan fingerprint density at radius 2 is 2.12 bits per heavy atom. The fourth-order valence-corrected chi connectivity index (χ4v) is 2.49. The molecular formula is C12H23ClN2O. The Labute approximate surface area is 104 Å². The second-order valence-corrected chi connectivity index (χ2v) is 4.92. The highest BCUT2D eigenvalue weighted by Crippen LogP contribution is 2.34. The molecule has 1 N–H and O–H groups in total. The van der Waals surface area contributed by atoms with Gasteiger partial charge >= 0.3 is 0 Å². The largest absolute Gasteiger partial charge is 0.338 e. The monoisotopic (exact) mass is 246 g/mol. The predicted octanol–water partition coefficient (Wildman–Crippen LogP) is 1.81. The lowest BCUT2D eigenvalue weighted by Gasteiger charge is -2.24. The van der Waals surface area contributed by atoms with Crippen LogP contribution in [0.3, 0.4) is 0 Å². The van der Waals surface area contributed by atoms with E-state index in [1.54, 1.807) is 0 Å². The van der Waals surface area contributed by atoms with E-state index in [-0.39, 0.29) is 12.4 Å². The molecule has 0 aromatic heterocycles. The van der Waals surface area contributed by atoms with Gasteiger partial charge in [0.1, 0.15) is 0 Å². The van der Waals surface area contributed by atoms with Crippen LogP contribution in [0.2, 0.25) is 0 Å². The summed E-state index contributed by atoms with van der Waals surface area (Å²) >= 11 is 0. The highest BCUT2D eigenvalue weighted by atomic mass is 35.5. The summed E-state index contributed by atoms with van der Waals surface area (Å²) in [5.41, 5.74) is 0. The zero-order valence-electron chi connectivity index (χ0n) is 10.1. The molecule has 0 spiro atoms. The molecule has 4 heteroatoms. The van der Waals surface area contributed by atoms with Crippen molar-refractivity contribution in [1.82, 2.24) is 10.2 Å². The van der Waals surface area contributed by atoms with Gasteiger partial charge in [0, 0.05) is 25.6 Å². The number of likely N-dealkylation sites (N-methyl/N-ethyl adjacent to an activating group) is 1. The number of nitrogens with zero attached hydrogens (tertiary/aromatic N) is 1. The minimum atomic E-state index is 0. The number of rotatable bonds is 5. The van der Waals surface area contributed by atoms with Gasteiger partial charge in [-0.1, -0.05) is 12.8 Å². The quantitative estimate of drug-likeness (QED) is 0.803. The number of carbonyl (C=O) groups is 1. The fraction of sp³-hybridized carbons (Fsp3) is 0.917. The summed E-state index contributed by atoms with van der Waals surface area (Å²) in [6.45, 7) is 1.94. The summed E-state index contributed by atoms with van der Waals surface area (Å²) in [5.74, 6) is 1.26. The lowest BCUT2D eigenvalue weighted by atomic mass is 10.2. The smallest absolute Gasteiger partial charge is 0.222 e. The first-order valence-corrected chi connectivity index (χ1v) is 6.25. The van der Waals surface area contributed by atoms with Crippen molar-refractivity contribution >= 4 is 18.3 Å². The van der Waals surface area contributed by atoms with Crippen LogP contribution in [0.1, 0.15) is 38.5 Å². The molecule has 1 saturated heterocycles. The van der Waals surface area contributed by atoms with Gasteiger partial charge < -0.3 is 10.2 Å². The van der Waals surface area contributed by atoms with Crippen molar-refractivity contribution in [2.24, 2.45) is 5.92 Å². The van der Waals surface area contributed by atoms with Crippen molar-refractivity contribution in [1.29, 1.82) is 0 Å². The summed E-state index contributed by atoms with van der Waals surface area (Å²) < 4.78 is 0. The number of amides is 1. The molecule has 3 nitrogen and oxygen atoms in total. The zero-order chi connectivity index (χ0) is 10.7. The van der Waals surface area contributed by atoms with Crippen LogP contribution in [0.15, 0.2) is 0 Å². The van der Waals surface area contributed by atoms with Crippen LogP contribution in [-0.2, 0) is 4.79 Å². The number of hydrogen-bond donors (Lipinski definition) is 1. The van der Waals surface area contributed by atoms with Gasteiger partial charge in [0.25, 0.3) is 0 Å². The summed E-state index contributed by atoms with van der Waals surface area (Å²) in [5, 5.41) is 3.18. The van der Waals surface area contributed by atoms with Crippen LogP contribution in [0.25, 0.3) is 0 Å². The van der Waals surface area contributed by atoms with Gasteiger partial charge in [-0.2, -0.15) is 0 Å². The van der Waals surface area contributed by atoms with E-state index in [0.717, 1.165) is 31.8 Å². The van der Waals surface area contributed by atoms with Gasteiger partial charge in [-0.25, -0.2) is 0 Å². The fourth-order valence-electron chi connectivity index (χ4n) is 2.49. The number of halogens is 1. The molecule has 1 heterocycles. The third-order valence-electron chi connectivity index (χ3n) is 3.60. The first-order valence-electron chi connectivity index (χ1n) is 6.25. The van der Waals surface area contributed by atoms with Gasteiger partial charge in [-0.3, -0.25) is 4.79 Å². The maximum atomic E-state index is 12.0. The second kappa shape index (κ2) is 6.45. The Kier molecular flexibility index (Phi) is 5.56. The van der Waals surface area contributed by atoms with E-state index >= 15 is 0 Å². The first kappa shape index (κ1) is 13.8. The van der Waals surface area contributed by atoms with Crippen LogP contribution < -0.4 is 5.32 Å². The summed E-state index contributed by atoms with van der Waals surface area (Å²) in [7, 11) is 1.96. The lowest BCUT2D eigenvalue weighted by molar-refractivity contribution is -0.132. The number of nitrogens with one attached hydrogen (secondary N) is 1. The number of carbonyl (C=O) groups excluding carboxylic acids is 1. The molecule has 1 atom stereocenters. The normalized spacial score (nSPS) is 24.3. The Balaban J connectivity index is 0.00000128. The zero-order valence-corrected chi connectivity index (χ0v) is 10.9. The Hall–Kier alpha value is -0.280. The second-order valence-electron chi connectivity index (χ2n) is 4.92. The summed E-state index contributed by atoms with van der Waals surface area (Å²) in [4.78, 5) is 14.1. The SMILES string of the molecule is CNCC1CCCN1C(=O)CCC1CC1.Cl. The average molecular weight is 247 g/mol. The highest BCUT2D eigenvalue weighted by molar-refractivity contribution is 5.85. The molecule has 0 radical (unpaired) electrons. The van der Waals surface area contributed by atoms with E-state index in [4.69, 9.17) is 0 Å². The number of hydrogen-bond acceptors (Lipinski definition) is 2. The standard InChI is InChI=1S/C12H22N2O.ClH/c1-13-9-11-3-2-8-14(11)12(15)7-6-10-4-5-10;/h10-11,13H,2-9H2,1H3;1H. The van der Waals surface area contributed by atoms with E-state index < -0.39 is 0 Å². The van der Waals surface area contributed by atoms with Crippen LogP contribution in [-0.4, -0.2) is 37.0 Å². The highest BCUT2D eigenvalue weighted by Gasteiger charge is 2.29. The van der Waals surface area contributed by atoms with Crippen molar-refractivity contribution < 1.29 is 4.79 Å². The van der Waals surface area contributed by atoms with Crippen molar-refractivity contribution in [2.75, 3.05) is 20.1 Å². The molecule has 1 amide bonds. The minimum absolute atomic E-state index is 0. The molecule has 16 heavy (non-hydrogen) atoms. The maximum Gasteiger partial charge on any atom is 0.222 e. The first-order chi connectivity index (χ1) is 7.31. The third kappa shape index (κ3) is 3.63. The van der Waals surface area contributed by atoms with E-state index in [9.17, 15) is 4.79 Å². The van der Waals surface area contributed by atoms with Crippen LogP contribution >= 0.6 is 12.4 Å². The molecule has 2 aliphatic rings. The average Bonchev–Trinajstić information content (AvgIpc) is 2.95. The minimum Gasteiger partial charge on any atom is -0.338 e. The van der Waals surface area contributed by atoms with Gasteiger partial charge in [0.05, 0.1) is 0 Å². The molecule has 1 aliphatic carbocycles. The van der Waals surface area contributed by atoms with Crippen LogP contribution in [0, 0.1) is 5.92 Å². The van der Waals surface area contributed by atoms with Crippen LogP contribution in [0.4, 0.5) is 0 Å².